The van der Waals surface area contributed by atoms with Gasteiger partial charge in [-0.3, -0.25) is 0 Å². The molecule has 0 fully saturated rings. The minimum Gasteiger partial charge on any atom is -0.316 e. The van der Waals surface area contributed by atoms with Gasteiger partial charge >= 0.3 is 0 Å². The summed E-state index contributed by atoms with van der Waals surface area (Å²) in [6, 6.07) is 12.8. The number of nitrogens with one attached hydrogen (secondary N) is 1. The first-order valence-electron chi connectivity index (χ1n) is 6.12. The van der Waals surface area contributed by atoms with E-state index in [2.05, 4.69) is 55.6 Å². The minimum absolute atomic E-state index is 0.798. The van der Waals surface area contributed by atoms with Crippen molar-refractivity contribution >= 4 is 11.6 Å². The van der Waals surface area contributed by atoms with E-state index >= 15 is 0 Å². The highest BCUT2D eigenvalue weighted by Gasteiger charge is 2.05. The number of benzene rings is 2. The Morgan fingerprint density at radius 3 is 2.50 bits per heavy atom. The summed E-state index contributed by atoms with van der Waals surface area (Å²) in [6.45, 7) is 5.04. The summed E-state index contributed by atoms with van der Waals surface area (Å²) in [5.74, 6) is 0. The van der Waals surface area contributed by atoms with Gasteiger partial charge in [0.25, 0.3) is 0 Å². The van der Waals surface area contributed by atoms with E-state index < -0.39 is 0 Å². The monoisotopic (exact) mass is 259 g/mol. The normalized spacial score (nSPS) is 10.7. The summed E-state index contributed by atoms with van der Waals surface area (Å²) < 4.78 is 0. The van der Waals surface area contributed by atoms with Crippen molar-refractivity contribution in [1.82, 2.24) is 5.32 Å². The molecule has 0 saturated heterocycles. The van der Waals surface area contributed by atoms with E-state index in [0.717, 1.165) is 17.1 Å². The number of hydrogen-bond donors (Lipinski definition) is 1. The van der Waals surface area contributed by atoms with Gasteiger partial charge in [-0.2, -0.15) is 0 Å². The third-order valence-electron chi connectivity index (χ3n) is 3.12. The molecular weight excluding hydrogens is 242 g/mol. The van der Waals surface area contributed by atoms with E-state index in [-0.39, 0.29) is 0 Å². The molecule has 0 spiro atoms. The molecule has 2 aromatic rings. The molecule has 0 aromatic heterocycles. The van der Waals surface area contributed by atoms with Gasteiger partial charge in [-0.15, -0.1) is 0 Å². The van der Waals surface area contributed by atoms with Crippen LogP contribution in [0.15, 0.2) is 36.4 Å². The molecule has 0 atom stereocenters. The van der Waals surface area contributed by atoms with E-state index in [1.807, 2.05) is 7.05 Å². The number of halogens is 1. The van der Waals surface area contributed by atoms with Crippen LogP contribution in [0.4, 0.5) is 0 Å². The summed E-state index contributed by atoms with van der Waals surface area (Å²) in [5.41, 5.74) is 6.12. The highest BCUT2D eigenvalue weighted by Crippen LogP contribution is 2.28. The SMILES string of the molecule is CNCc1ccc(-c2cc(C)ccc2C)cc1Cl. The van der Waals surface area contributed by atoms with Crippen LogP contribution in [0.25, 0.3) is 11.1 Å². The van der Waals surface area contributed by atoms with Crippen LogP contribution in [-0.4, -0.2) is 7.05 Å². The fourth-order valence-electron chi connectivity index (χ4n) is 2.10. The summed E-state index contributed by atoms with van der Waals surface area (Å²) >= 11 is 6.31. The Kier molecular flexibility index (Phi) is 4.05. The zero-order valence-electron chi connectivity index (χ0n) is 11.0. The van der Waals surface area contributed by atoms with Crippen LogP contribution in [0.3, 0.4) is 0 Å². The van der Waals surface area contributed by atoms with Crippen LogP contribution in [0, 0.1) is 13.8 Å². The fourth-order valence-corrected chi connectivity index (χ4v) is 2.34. The lowest BCUT2D eigenvalue weighted by Gasteiger charge is -2.10. The average molecular weight is 260 g/mol. The zero-order valence-corrected chi connectivity index (χ0v) is 11.8. The maximum atomic E-state index is 6.31. The maximum Gasteiger partial charge on any atom is 0.0457 e. The Bertz CT molecular complexity index is 561. The van der Waals surface area contributed by atoms with Crippen molar-refractivity contribution in [3.05, 3.63) is 58.1 Å². The zero-order chi connectivity index (χ0) is 13.1. The van der Waals surface area contributed by atoms with Gasteiger partial charge in [0.15, 0.2) is 0 Å². The second kappa shape index (κ2) is 5.55. The van der Waals surface area contributed by atoms with Crippen molar-refractivity contribution in [2.24, 2.45) is 0 Å². The van der Waals surface area contributed by atoms with Crippen LogP contribution in [0.2, 0.25) is 5.02 Å². The second-order valence-electron chi connectivity index (χ2n) is 4.65. The number of rotatable bonds is 3. The van der Waals surface area contributed by atoms with Gasteiger partial charge in [0.1, 0.15) is 0 Å². The molecule has 0 aliphatic heterocycles. The lowest BCUT2D eigenvalue weighted by atomic mass is 9.97. The molecule has 0 amide bonds. The predicted molar refractivity (Wildman–Crippen MR) is 79.1 cm³/mol. The quantitative estimate of drug-likeness (QED) is 0.865. The highest BCUT2D eigenvalue weighted by atomic mass is 35.5. The van der Waals surface area contributed by atoms with Crippen LogP contribution in [0.5, 0.6) is 0 Å². The van der Waals surface area contributed by atoms with Gasteiger partial charge in [0, 0.05) is 11.6 Å². The van der Waals surface area contributed by atoms with Gasteiger partial charge in [-0.05, 0) is 49.2 Å². The van der Waals surface area contributed by atoms with Crippen molar-refractivity contribution in [2.45, 2.75) is 20.4 Å². The molecule has 0 aliphatic carbocycles. The summed E-state index contributed by atoms with van der Waals surface area (Å²) in [7, 11) is 1.93. The Labute approximate surface area is 114 Å². The van der Waals surface area contributed by atoms with Crippen LogP contribution in [-0.2, 0) is 6.54 Å². The Hall–Kier alpha value is -1.31. The lowest BCUT2D eigenvalue weighted by molar-refractivity contribution is 0.818. The molecule has 0 unspecified atom stereocenters. The molecule has 1 nitrogen and oxygen atoms in total. The van der Waals surface area contributed by atoms with E-state index in [0.29, 0.717) is 0 Å². The van der Waals surface area contributed by atoms with Crippen LogP contribution < -0.4 is 5.32 Å². The number of hydrogen-bond acceptors (Lipinski definition) is 1. The lowest BCUT2D eigenvalue weighted by Crippen LogP contribution is -2.05. The van der Waals surface area contributed by atoms with Crippen molar-refractivity contribution in [3.63, 3.8) is 0 Å². The van der Waals surface area contributed by atoms with Crippen LogP contribution >= 0.6 is 11.6 Å². The van der Waals surface area contributed by atoms with Gasteiger partial charge in [0.2, 0.25) is 0 Å². The summed E-state index contributed by atoms with van der Waals surface area (Å²) in [6.07, 6.45) is 0. The molecular formula is C16H18ClN. The topological polar surface area (TPSA) is 12.0 Å². The van der Waals surface area contributed by atoms with Crippen molar-refractivity contribution in [2.75, 3.05) is 7.05 Å². The van der Waals surface area contributed by atoms with Gasteiger partial charge in [-0.25, -0.2) is 0 Å². The molecule has 0 aliphatic rings. The van der Waals surface area contributed by atoms with Crippen LogP contribution in [0.1, 0.15) is 16.7 Å². The van der Waals surface area contributed by atoms with E-state index in [4.69, 9.17) is 11.6 Å². The molecule has 0 bridgehead atoms. The smallest absolute Gasteiger partial charge is 0.0457 e. The molecule has 2 rings (SSSR count). The van der Waals surface area contributed by atoms with Gasteiger partial charge < -0.3 is 5.32 Å². The van der Waals surface area contributed by atoms with Gasteiger partial charge in [0.05, 0.1) is 0 Å². The average Bonchev–Trinajstić information content (AvgIpc) is 2.35. The van der Waals surface area contributed by atoms with Crippen molar-refractivity contribution in [3.8, 4) is 11.1 Å². The number of aryl methyl sites for hydroxylation is 2. The molecule has 18 heavy (non-hydrogen) atoms. The van der Waals surface area contributed by atoms with Crippen molar-refractivity contribution in [1.29, 1.82) is 0 Å². The third-order valence-corrected chi connectivity index (χ3v) is 3.48. The van der Waals surface area contributed by atoms with Gasteiger partial charge in [-0.1, -0.05) is 47.5 Å². The van der Waals surface area contributed by atoms with E-state index in [9.17, 15) is 0 Å². The Morgan fingerprint density at radius 2 is 1.83 bits per heavy atom. The predicted octanol–water partition coefficient (Wildman–Crippen LogP) is 4.34. The summed E-state index contributed by atoms with van der Waals surface area (Å²) in [4.78, 5) is 0. The molecule has 94 valence electrons. The second-order valence-corrected chi connectivity index (χ2v) is 5.06. The maximum absolute atomic E-state index is 6.31. The molecule has 0 saturated carbocycles. The molecule has 1 N–H and O–H groups in total. The fraction of sp³-hybridized carbons (Fsp3) is 0.250. The largest absolute Gasteiger partial charge is 0.316 e. The Balaban J connectivity index is 2.45. The Morgan fingerprint density at radius 1 is 1.06 bits per heavy atom. The molecule has 2 aromatic carbocycles. The summed E-state index contributed by atoms with van der Waals surface area (Å²) in [5, 5.41) is 3.94. The van der Waals surface area contributed by atoms with Crippen molar-refractivity contribution < 1.29 is 0 Å². The molecule has 0 heterocycles. The first-order valence-corrected chi connectivity index (χ1v) is 6.50. The standard InChI is InChI=1S/C16H18ClN/c1-11-4-5-12(2)15(8-11)13-6-7-14(10-18-3)16(17)9-13/h4-9,18H,10H2,1-3H3. The molecule has 2 heteroatoms. The minimum atomic E-state index is 0.798. The van der Waals surface area contributed by atoms with E-state index in [1.165, 1.54) is 22.3 Å². The highest BCUT2D eigenvalue weighted by molar-refractivity contribution is 6.31. The third kappa shape index (κ3) is 2.74. The first-order chi connectivity index (χ1) is 8.61. The first kappa shape index (κ1) is 13.1. The molecule has 0 radical (unpaired) electrons. The van der Waals surface area contributed by atoms with E-state index in [1.54, 1.807) is 0 Å².